The van der Waals surface area contributed by atoms with Crippen LogP contribution in [0.2, 0.25) is 0 Å². The number of ether oxygens (including phenoxy) is 2. The van der Waals surface area contributed by atoms with Gasteiger partial charge in [-0.3, -0.25) is 4.79 Å². The second-order valence-corrected chi connectivity index (χ2v) is 8.49. The molecule has 1 fully saturated rings. The molecule has 1 saturated heterocycles. The fourth-order valence-corrected chi connectivity index (χ4v) is 5.23. The number of benzene rings is 2. The predicted molar refractivity (Wildman–Crippen MR) is 106 cm³/mol. The number of methoxy groups -OCH3 is 2. The molecule has 0 radical (unpaired) electrons. The van der Waals surface area contributed by atoms with E-state index in [4.69, 9.17) is 9.47 Å². The number of aryl methyl sites for hydroxylation is 1. The molecule has 2 aromatic rings. The molecule has 1 N–H and O–H groups in total. The summed E-state index contributed by atoms with van der Waals surface area (Å²) in [6, 6.07) is 11.1. The van der Waals surface area contributed by atoms with E-state index in [-0.39, 0.29) is 10.8 Å². The van der Waals surface area contributed by atoms with E-state index in [1.807, 2.05) is 0 Å². The highest BCUT2D eigenvalue weighted by atomic mass is 32.2. The topological polar surface area (TPSA) is 84.9 Å². The largest absolute Gasteiger partial charge is 0.497 e. The Balaban J connectivity index is 1.86. The van der Waals surface area contributed by atoms with Crippen LogP contribution in [0.4, 0.5) is 5.69 Å². The van der Waals surface area contributed by atoms with Gasteiger partial charge in [-0.25, -0.2) is 8.42 Å². The lowest BCUT2D eigenvalue weighted by molar-refractivity contribution is -0.119. The average molecular weight is 404 g/mol. The molecule has 0 unspecified atom stereocenters. The van der Waals surface area contributed by atoms with Gasteiger partial charge in [0.05, 0.1) is 19.1 Å². The van der Waals surface area contributed by atoms with E-state index in [2.05, 4.69) is 5.32 Å². The van der Waals surface area contributed by atoms with E-state index >= 15 is 0 Å². The summed E-state index contributed by atoms with van der Waals surface area (Å²) in [4.78, 5) is 13.0. The van der Waals surface area contributed by atoms with Crippen LogP contribution in [-0.2, 0) is 14.8 Å². The lowest BCUT2D eigenvalue weighted by atomic mass is 10.2. The summed E-state index contributed by atoms with van der Waals surface area (Å²) < 4.78 is 38.1. The van der Waals surface area contributed by atoms with Crippen LogP contribution in [0.5, 0.6) is 11.5 Å². The molecule has 3 rings (SSSR count). The number of hydrogen-bond donors (Lipinski definition) is 1. The Morgan fingerprint density at radius 3 is 2.54 bits per heavy atom. The number of rotatable bonds is 6. The molecule has 0 bridgehead atoms. The number of nitrogens with zero attached hydrogens (tertiary/aromatic N) is 1. The maximum Gasteiger partial charge on any atom is 0.244 e. The van der Waals surface area contributed by atoms with Crippen molar-refractivity contribution >= 4 is 21.6 Å². The molecule has 0 spiro atoms. The maximum absolute atomic E-state index is 13.3. The van der Waals surface area contributed by atoms with Gasteiger partial charge in [0.25, 0.3) is 0 Å². The molecule has 0 aromatic heterocycles. The van der Waals surface area contributed by atoms with E-state index in [9.17, 15) is 13.2 Å². The van der Waals surface area contributed by atoms with Crippen LogP contribution < -0.4 is 14.8 Å². The van der Waals surface area contributed by atoms with E-state index in [1.165, 1.54) is 17.5 Å². The molecule has 1 aliphatic rings. The van der Waals surface area contributed by atoms with Crippen molar-refractivity contribution < 1.29 is 22.7 Å². The summed E-state index contributed by atoms with van der Waals surface area (Å²) in [6.45, 7) is 2.03. The van der Waals surface area contributed by atoms with Gasteiger partial charge in [0, 0.05) is 24.4 Å². The minimum absolute atomic E-state index is 0.160. The quantitative estimate of drug-likeness (QED) is 0.800. The smallest absolute Gasteiger partial charge is 0.244 e. The van der Waals surface area contributed by atoms with Gasteiger partial charge in [-0.1, -0.05) is 12.1 Å². The zero-order valence-electron chi connectivity index (χ0n) is 16.1. The highest BCUT2D eigenvalue weighted by Crippen LogP contribution is 2.31. The van der Waals surface area contributed by atoms with Crippen molar-refractivity contribution in [1.29, 1.82) is 0 Å². The molecule has 0 saturated carbocycles. The molecular formula is C20H24N2O5S. The van der Waals surface area contributed by atoms with Crippen LogP contribution in [0.1, 0.15) is 18.4 Å². The molecule has 1 aliphatic heterocycles. The van der Waals surface area contributed by atoms with Crippen molar-refractivity contribution in [2.75, 3.05) is 26.1 Å². The van der Waals surface area contributed by atoms with E-state index in [0.717, 1.165) is 0 Å². The van der Waals surface area contributed by atoms with Crippen molar-refractivity contribution in [3.8, 4) is 11.5 Å². The molecule has 28 heavy (non-hydrogen) atoms. The molecule has 0 aliphatic carbocycles. The SMILES string of the molecule is COc1cccc(NC(=O)[C@H]2CCCN2S(=O)(=O)c2cc(OC)ccc2C)c1. The maximum atomic E-state index is 13.3. The standard InChI is InChI=1S/C20H24N2O5S/c1-14-9-10-17(27-3)13-19(14)28(24,25)22-11-5-8-18(22)20(23)21-15-6-4-7-16(12-15)26-2/h4,6-7,9-10,12-13,18H,5,8,11H2,1-3H3,(H,21,23)/t18-/m1/s1. The molecule has 1 amide bonds. The lowest BCUT2D eigenvalue weighted by Crippen LogP contribution is -2.43. The second-order valence-electron chi connectivity index (χ2n) is 6.63. The summed E-state index contributed by atoms with van der Waals surface area (Å²) in [5.41, 5.74) is 1.17. The molecular weight excluding hydrogens is 380 g/mol. The molecule has 1 atom stereocenters. The Morgan fingerprint density at radius 2 is 1.82 bits per heavy atom. The van der Waals surface area contributed by atoms with Gasteiger partial charge in [-0.05, 0) is 43.5 Å². The van der Waals surface area contributed by atoms with Gasteiger partial charge in [0.15, 0.2) is 0 Å². The summed E-state index contributed by atoms with van der Waals surface area (Å²) >= 11 is 0. The first kappa shape index (κ1) is 20.2. The summed E-state index contributed by atoms with van der Waals surface area (Å²) in [6.07, 6.45) is 1.09. The first-order valence-corrected chi connectivity index (χ1v) is 10.4. The minimum atomic E-state index is -3.83. The van der Waals surface area contributed by atoms with Gasteiger partial charge < -0.3 is 14.8 Å². The highest BCUT2D eigenvalue weighted by Gasteiger charge is 2.40. The third-order valence-corrected chi connectivity index (χ3v) is 6.88. The Labute approximate surface area is 165 Å². The number of anilines is 1. The van der Waals surface area contributed by atoms with Crippen molar-refractivity contribution in [2.24, 2.45) is 0 Å². The van der Waals surface area contributed by atoms with Crippen molar-refractivity contribution in [3.63, 3.8) is 0 Å². The average Bonchev–Trinajstić information content (AvgIpc) is 3.19. The summed E-state index contributed by atoms with van der Waals surface area (Å²) in [5.74, 6) is 0.719. The summed E-state index contributed by atoms with van der Waals surface area (Å²) in [5, 5.41) is 2.80. The number of amides is 1. The Morgan fingerprint density at radius 1 is 1.11 bits per heavy atom. The normalized spacial score (nSPS) is 17.3. The molecule has 7 nitrogen and oxygen atoms in total. The monoisotopic (exact) mass is 404 g/mol. The van der Waals surface area contributed by atoms with Crippen LogP contribution in [0, 0.1) is 6.92 Å². The van der Waals surface area contributed by atoms with Crippen LogP contribution in [0.25, 0.3) is 0 Å². The zero-order valence-corrected chi connectivity index (χ0v) is 17.0. The predicted octanol–water partition coefficient (Wildman–Crippen LogP) is 2.80. The number of hydrogen-bond acceptors (Lipinski definition) is 5. The van der Waals surface area contributed by atoms with Crippen LogP contribution >= 0.6 is 0 Å². The molecule has 1 heterocycles. The number of sulfonamides is 1. The van der Waals surface area contributed by atoms with Crippen LogP contribution in [-0.4, -0.2) is 45.4 Å². The fraction of sp³-hybridized carbons (Fsp3) is 0.350. The third kappa shape index (κ3) is 3.98. The molecule has 150 valence electrons. The van der Waals surface area contributed by atoms with Gasteiger partial charge in [-0.2, -0.15) is 4.31 Å². The van der Waals surface area contributed by atoms with Gasteiger partial charge in [-0.15, -0.1) is 0 Å². The van der Waals surface area contributed by atoms with Gasteiger partial charge in [0.2, 0.25) is 15.9 Å². The van der Waals surface area contributed by atoms with Crippen molar-refractivity contribution in [3.05, 3.63) is 48.0 Å². The number of nitrogens with one attached hydrogen (secondary N) is 1. The molecule has 8 heteroatoms. The molecule has 2 aromatic carbocycles. The zero-order chi connectivity index (χ0) is 20.3. The summed E-state index contributed by atoms with van der Waals surface area (Å²) in [7, 11) is -0.802. The highest BCUT2D eigenvalue weighted by molar-refractivity contribution is 7.89. The number of carbonyl (C=O) groups is 1. The number of carbonyl (C=O) groups excluding carboxylic acids is 1. The van der Waals surface area contributed by atoms with Gasteiger partial charge in [0.1, 0.15) is 17.5 Å². The minimum Gasteiger partial charge on any atom is -0.497 e. The van der Waals surface area contributed by atoms with E-state index in [1.54, 1.807) is 50.4 Å². The Kier molecular flexibility index (Phi) is 5.90. The van der Waals surface area contributed by atoms with Gasteiger partial charge >= 0.3 is 0 Å². The van der Waals surface area contributed by atoms with Crippen molar-refractivity contribution in [2.45, 2.75) is 30.7 Å². The first-order valence-electron chi connectivity index (χ1n) is 8.98. The fourth-order valence-electron chi connectivity index (χ4n) is 3.33. The van der Waals surface area contributed by atoms with Crippen LogP contribution in [0.3, 0.4) is 0 Å². The lowest BCUT2D eigenvalue weighted by Gasteiger charge is -2.24. The van der Waals surface area contributed by atoms with Crippen LogP contribution in [0.15, 0.2) is 47.4 Å². The first-order chi connectivity index (χ1) is 13.4. The van der Waals surface area contributed by atoms with E-state index < -0.39 is 16.1 Å². The van der Waals surface area contributed by atoms with Crippen molar-refractivity contribution in [1.82, 2.24) is 4.31 Å². The third-order valence-electron chi connectivity index (χ3n) is 4.83. The Hall–Kier alpha value is -2.58. The Bertz CT molecular complexity index is 974. The van der Waals surface area contributed by atoms with E-state index in [0.29, 0.717) is 42.1 Å². The second kappa shape index (κ2) is 8.20.